The first-order valence-corrected chi connectivity index (χ1v) is 8.57. The van der Waals surface area contributed by atoms with E-state index in [-0.39, 0.29) is 28.1 Å². The molecule has 0 spiro atoms. The van der Waals surface area contributed by atoms with Gasteiger partial charge in [0.1, 0.15) is 5.70 Å². The van der Waals surface area contributed by atoms with Crippen molar-refractivity contribution in [2.45, 2.75) is 32.8 Å². The summed E-state index contributed by atoms with van der Waals surface area (Å²) in [5.41, 5.74) is -0.832. The molecule has 29 heavy (non-hydrogen) atoms. The number of allylic oxidation sites excluding steroid dienone is 1. The molecule has 0 unspecified atom stereocenters. The fraction of sp³-hybridized carbons (Fsp3) is 0.316. The van der Waals surface area contributed by atoms with Crippen LogP contribution >= 0.6 is 0 Å². The first-order valence-electron chi connectivity index (χ1n) is 8.57. The molecule has 0 radical (unpaired) electrons. The molecule has 0 amide bonds. The van der Waals surface area contributed by atoms with Gasteiger partial charge in [0.25, 0.3) is 5.69 Å². The van der Waals surface area contributed by atoms with E-state index in [0.29, 0.717) is 0 Å². The fourth-order valence-electron chi connectivity index (χ4n) is 3.03. The number of rotatable bonds is 6. The van der Waals surface area contributed by atoms with Crippen molar-refractivity contribution in [2.75, 3.05) is 7.11 Å². The molecular formula is C19H20N2O8. The van der Waals surface area contributed by atoms with Crippen LogP contribution in [-0.2, 0) is 23.9 Å². The molecule has 1 heterocycles. The summed E-state index contributed by atoms with van der Waals surface area (Å²) in [6, 6.07) is 5.26. The number of nitrogens with zero attached hydrogens (tertiary/aromatic N) is 1. The number of esters is 2. The molecule has 1 aliphatic rings. The fourth-order valence-corrected chi connectivity index (χ4v) is 3.03. The number of non-ortho nitro benzene ring substituents is 1. The van der Waals surface area contributed by atoms with Gasteiger partial charge in [-0.05, 0) is 26.3 Å². The lowest BCUT2D eigenvalue weighted by molar-refractivity contribution is -0.384. The second-order valence-electron chi connectivity index (χ2n) is 6.49. The molecule has 0 bridgehead atoms. The molecule has 10 heteroatoms. The molecule has 10 nitrogen and oxygen atoms in total. The summed E-state index contributed by atoms with van der Waals surface area (Å²) in [4.78, 5) is 47.6. The van der Waals surface area contributed by atoms with Gasteiger partial charge in [0, 0.05) is 17.8 Å². The van der Waals surface area contributed by atoms with Crippen LogP contribution in [0.5, 0.6) is 0 Å². The van der Waals surface area contributed by atoms with Crippen LogP contribution in [0.15, 0.2) is 46.8 Å². The number of ether oxygens (including phenoxy) is 2. The molecule has 0 aliphatic carbocycles. The Morgan fingerprint density at radius 2 is 1.86 bits per heavy atom. The number of nitro benzene ring substituents is 1. The maximum Gasteiger partial charge on any atom is 0.352 e. The Balaban J connectivity index is 2.80. The number of carboxylic acid groups (broad SMARTS) is 1. The van der Waals surface area contributed by atoms with Crippen molar-refractivity contribution < 1.29 is 33.9 Å². The van der Waals surface area contributed by atoms with Crippen LogP contribution in [0, 0.1) is 10.1 Å². The van der Waals surface area contributed by atoms with Crippen LogP contribution in [0.25, 0.3) is 0 Å². The number of hydrogen-bond acceptors (Lipinski definition) is 8. The number of dihydropyridines is 1. The minimum absolute atomic E-state index is 0.0374. The monoisotopic (exact) mass is 404 g/mol. The third-order valence-electron chi connectivity index (χ3n) is 4.16. The highest BCUT2D eigenvalue weighted by molar-refractivity contribution is 6.05. The molecule has 1 atom stereocenters. The van der Waals surface area contributed by atoms with E-state index < -0.39 is 40.6 Å². The van der Waals surface area contributed by atoms with Crippen LogP contribution in [0.3, 0.4) is 0 Å². The van der Waals surface area contributed by atoms with Crippen molar-refractivity contribution in [3.8, 4) is 0 Å². The highest BCUT2D eigenvalue weighted by Gasteiger charge is 2.41. The Labute approximate surface area is 165 Å². The standard InChI is InChI=1S/C19H20N2O8/c1-9(2)29-19(25)13-10(3)20-16(17(22)23)15(18(24)28-4)14(13)11-6-5-7-12(8-11)21(26)27/h5-9,14,20H,1-4H3,(H,22,23)/t14-/m1/s1. The van der Waals surface area contributed by atoms with Gasteiger partial charge in [0.05, 0.1) is 35.2 Å². The molecular weight excluding hydrogens is 384 g/mol. The first kappa shape index (κ1) is 21.6. The van der Waals surface area contributed by atoms with Crippen LogP contribution in [-0.4, -0.2) is 41.2 Å². The average Bonchev–Trinajstić information content (AvgIpc) is 2.65. The Morgan fingerprint density at radius 3 is 2.38 bits per heavy atom. The second kappa shape index (κ2) is 8.55. The van der Waals surface area contributed by atoms with Gasteiger partial charge in [-0.2, -0.15) is 0 Å². The number of aliphatic carboxylic acids is 1. The van der Waals surface area contributed by atoms with Crippen molar-refractivity contribution in [1.29, 1.82) is 0 Å². The zero-order valence-corrected chi connectivity index (χ0v) is 16.2. The average molecular weight is 404 g/mol. The molecule has 0 fully saturated rings. The summed E-state index contributed by atoms with van der Waals surface area (Å²) >= 11 is 0. The number of carboxylic acids is 1. The predicted octanol–water partition coefficient (Wildman–Crippen LogP) is 2.02. The molecule has 154 valence electrons. The van der Waals surface area contributed by atoms with Gasteiger partial charge >= 0.3 is 17.9 Å². The molecule has 0 saturated heterocycles. The third-order valence-corrected chi connectivity index (χ3v) is 4.16. The smallest absolute Gasteiger partial charge is 0.352 e. The van der Waals surface area contributed by atoms with Gasteiger partial charge in [-0.1, -0.05) is 12.1 Å². The summed E-state index contributed by atoms with van der Waals surface area (Å²) < 4.78 is 9.99. The van der Waals surface area contributed by atoms with E-state index in [1.54, 1.807) is 13.8 Å². The summed E-state index contributed by atoms with van der Waals surface area (Å²) in [5, 5.41) is 23.3. The lowest BCUT2D eigenvalue weighted by atomic mass is 9.80. The van der Waals surface area contributed by atoms with Crippen molar-refractivity contribution in [2.24, 2.45) is 0 Å². The molecule has 1 aliphatic heterocycles. The zero-order chi connectivity index (χ0) is 21.9. The summed E-state index contributed by atoms with van der Waals surface area (Å²) in [5.74, 6) is -4.46. The number of nitro groups is 1. The van der Waals surface area contributed by atoms with Crippen LogP contribution < -0.4 is 5.32 Å². The quantitative estimate of drug-likeness (QED) is 0.413. The third kappa shape index (κ3) is 4.42. The van der Waals surface area contributed by atoms with Crippen molar-refractivity contribution in [3.63, 3.8) is 0 Å². The largest absolute Gasteiger partial charge is 0.477 e. The van der Waals surface area contributed by atoms with E-state index in [9.17, 15) is 29.6 Å². The highest BCUT2D eigenvalue weighted by atomic mass is 16.6. The van der Waals surface area contributed by atoms with E-state index in [2.05, 4.69) is 5.32 Å². The maximum absolute atomic E-state index is 12.8. The van der Waals surface area contributed by atoms with Crippen LogP contribution in [0.1, 0.15) is 32.3 Å². The SMILES string of the molecule is COC(=O)C1=C(C(=O)O)NC(C)=C(C(=O)OC(C)C)[C@H]1c1cccc([N+](=O)[O-])c1. The Hall–Kier alpha value is -3.69. The normalized spacial score (nSPS) is 16.4. The molecule has 1 aromatic rings. The summed E-state index contributed by atoms with van der Waals surface area (Å²) in [6.07, 6.45) is -0.486. The minimum atomic E-state index is -1.45. The van der Waals surface area contributed by atoms with E-state index in [4.69, 9.17) is 9.47 Å². The van der Waals surface area contributed by atoms with E-state index >= 15 is 0 Å². The Bertz CT molecular complexity index is 945. The molecule has 2 rings (SSSR count). The summed E-state index contributed by atoms with van der Waals surface area (Å²) in [7, 11) is 1.07. The van der Waals surface area contributed by atoms with Crippen LogP contribution in [0.4, 0.5) is 5.69 Å². The van der Waals surface area contributed by atoms with Gasteiger partial charge in [0.15, 0.2) is 0 Å². The van der Waals surface area contributed by atoms with Gasteiger partial charge in [-0.25, -0.2) is 14.4 Å². The Morgan fingerprint density at radius 1 is 1.21 bits per heavy atom. The van der Waals surface area contributed by atoms with Crippen molar-refractivity contribution >= 4 is 23.6 Å². The van der Waals surface area contributed by atoms with E-state index in [1.807, 2.05) is 0 Å². The lowest BCUT2D eigenvalue weighted by Gasteiger charge is -2.30. The minimum Gasteiger partial charge on any atom is -0.477 e. The second-order valence-corrected chi connectivity index (χ2v) is 6.49. The number of methoxy groups -OCH3 is 1. The molecule has 2 N–H and O–H groups in total. The van der Waals surface area contributed by atoms with E-state index in [0.717, 1.165) is 7.11 Å². The number of nitrogens with one attached hydrogen (secondary N) is 1. The molecule has 0 aromatic heterocycles. The highest BCUT2D eigenvalue weighted by Crippen LogP contribution is 2.40. The topological polar surface area (TPSA) is 145 Å². The van der Waals surface area contributed by atoms with Crippen molar-refractivity contribution in [3.05, 3.63) is 62.5 Å². The zero-order valence-electron chi connectivity index (χ0n) is 16.2. The summed E-state index contributed by atoms with van der Waals surface area (Å²) in [6.45, 7) is 4.72. The number of carbonyl (C=O) groups is 3. The maximum atomic E-state index is 12.8. The number of hydrogen-bond donors (Lipinski definition) is 2. The van der Waals surface area contributed by atoms with Gasteiger partial charge < -0.3 is 19.9 Å². The van der Waals surface area contributed by atoms with Gasteiger partial charge in [-0.3, -0.25) is 10.1 Å². The van der Waals surface area contributed by atoms with Gasteiger partial charge in [-0.15, -0.1) is 0 Å². The lowest BCUT2D eigenvalue weighted by Crippen LogP contribution is -2.36. The van der Waals surface area contributed by atoms with Gasteiger partial charge in [0.2, 0.25) is 0 Å². The predicted molar refractivity (Wildman–Crippen MR) is 99.6 cm³/mol. The molecule has 0 saturated carbocycles. The van der Waals surface area contributed by atoms with E-state index in [1.165, 1.54) is 31.2 Å². The number of benzene rings is 1. The number of carbonyl (C=O) groups excluding carboxylic acids is 2. The first-order chi connectivity index (χ1) is 13.6. The van der Waals surface area contributed by atoms with Crippen LogP contribution in [0.2, 0.25) is 0 Å². The molecule has 1 aromatic carbocycles. The Kier molecular flexibility index (Phi) is 6.37. The van der Waals surface area contributed by atoms with Crippen molar-refractivity contribution in [1.82, 2.24) is 5.32 Å².